The Hall–Kier alpha value is -2.85. The average Bonchev–Trinajstić information content (AvgIpc) is 3.58. The molecule has 0 bridgehead atoms. The van der Waals surface area contributed by atoms with Crippen molar-refractivity contribution in [3.8, 4) is 0 Å². The molecule has 4 rings (SSSR count). The molecule has 3 nitrogen and oxygen atoms in total. The zero-order chi connectivity index (χ0) is 21.0. The van der Waals surface area contributed by atoms with Crippen molar-refractivity contribution in [3.63, 3.8) is 0 Å². The van der Waals surface area contributed by atoms with E-state index in [-0.39, 0.29) is 5.41 Å². The zero-order valence-electron chi connectivity index (χ0n) is 17.4. The van der Waals surface area contributed by atoms with Crippen LogP contribution < -0.4 is 5.32 Å². The lowest BCUT2D eigenvalue weighted by molar-refractivity contribution is 0.856. The minimum absolute atomic E-state index is 0.0466. The first kappa shape index (κ1) is 20.4. The van der Waals surface area contributed by atoms with E-state index in [1.54, 1.807) is 0 Å². The number of allylic oxidation sites excluding steroid dienone is 2. The maximum atomic E-state index is 4.67. The molecule has 0 atom stereocenters. The van der Waals surface area contributed by atoms with Crippen LogP contribution in [0, 0.1) is 0 Å². The van der Waals surface area contributed by atoms with Crippen molar-refractivity contribution in [1.82, 2.24) is 9.97 Å². The average molecular weight is 414 g/mol. The van der Waals surface area contributed by atoms with E-state index in [0.29, 0.717) is 0 Å². The van der Waals surface area contributed by atoms with Crippen LogP contribution in [0.5, 0.6) is 0 Å². The molecule has 0 spiro atoms. The second-order valence-electron chi connectivity index (χ2n) is 7.69. The maximum Gasteiger partial charge on any atom is 0.0667 e. The van der Waals surface area contributed by atoms with Crippen LogP contribution in [0.15, 0.2) is 90.7 Å². The molecule has 2 aromatic heterocycles. The summed E-state index contributed by atoms with van der Waals surface area (Å²) < 4.78 is 0. The molecule has 1 aliphatic carbocycles. The van der Waals surface area contributed by atoms with Crippen molar-refractivity contribution >= 4 is 23.0 Å². The van der Waals surface area contributed by atoms with Crippen LogP contribution in [0.1, 0.15) is 36.7 Å². The van der Waals surface area contributed by atoms with Crippen LogP contribution in [-0.2, 0) is 11.8 Å². The fraction of sp³-hybridized carbons (Fsp3) is 0.231. The van der Waals surface area contributed by atoms with E-state index in [1.165, 1.54) is 10.5 Å². The number of aromatic nitrogens is 2. The molecule has 0 amide bonds. The SMILES string of the molecule is C=C(Cc1ccc(SCC)cc1)Nc1ccc(C(=C)C2(c3ccccn3)CC2)nc1. The molecule has 152 valence electrons. The Kier molecular flexibility index (Phi) is 6.05. The first-order chi connectivity index (χ1) is 14.6. The molecular weight excluding hydrogens is 386 g/mol. The summed E-state index contributed by atoms with van der Waals surface area (Å²) in [6.45, 7) is 10.7. The van der Waals surface area contributed by atoms with Crippen molar-refractivity contribution in [2.45, 2.75) is 36.5 Å². The molecular formula is C26H27N3S. The summed E-state index contributed by atoms with van der Waals surface area (Å²) in [5.74, 6) is 1.09. The van der Waals surface area contributed by atoms with Gasteiger partial charge in [-0.05, 0) is 66.1 Å². The molecule has 0 unspecified atom stereocenters. The number of anilines is 1. The second-order valence-corrected chi connectivity index (χ2v) is 9.03. The zero-order valence-corrected chi connectivity index (χ0v) is 18.2. The Morgan fingerprint density at radius 2 is 1.83 bits per heavy atom. The fourth-order valence-electron chi connectivity index (χ4n) is 3.74. The highest BCUT2D eigenvalue weighted by atomic mass is 32.2. The van der Waals surface area contributed by atoms with E-state index in [0.717, 1.165) is 53.4 Å². The summed E-state index contributed by atoms with van der Waals surface area (Å²) in [7, 11) is 0. The number of thioether (sulfide) groups is 1. The number of hydrogen-bond acceptors (Lipinski definition) is 4. The summed E-state index contributed by atoms with van der Waals surface area (Å²) in [4.78, 5) is 10.5. The molecule has 0 saturated heterocycles. The standard InChI is InChI=1S/C26H27N3S/c1-4-30-23-11-8-21(9-12-23)17-19(2)29-22-10-13-24(28-18-22)20(3)26(14-15-26)25-7-5-6-16-27-25/h5-13,16,18,29H,2-4,14-15,17H2,1H3. The minimum Gasteiger partial charge on any atom is -0.358 e. The quantitative estimate of drug-likeness (QED) is 0.406. The molecule has 2 heterocycles. The van der Waals surface area contributed by atoms with Gasteiger partial charge < -0.3 is 5.32 Å². The number of nitrogens with zero attached hydrogens (tertiary/aromatic N) is 2. The number of hydrogen-bond donors (Lipinski definition) is 1. The Morgan fingerprint density at radius 3 is 2.43 bits per heavy atom. The van der Waals surface area contributed by atoms with E-state index >= 15 is 0 Å². The van der Waals surface area contributed by atoms with Gasteiger partial charge in [-0.3, -0.25) is 9.97 Å². The van der Waals surface area contributed by atoms with Gasteiger partial charge in [0.05, 0.1) is 23.3 Å². The smallest absolute Gasteiger partial charge is 0.0667 e. The number of nitrogens with one attached hydrogen (secondary N) is 1. The van der Waals surface area contributed by atoms with E-state index in [1.807, 2.05) is 48.4 Å². The molecule has 0 radical (unpaired) electrons. The normalized spacial score (nSPS) is 14.2. The maximum absolute atomic E-state index is 4.67. The molecule has 4 heteroatoms. The fourth-order valence-corrected chi connectivity index (χ4v) is 4.40. The molecule has 1 saturated carbocycles. The van der Waals surface area contributed by atoms with Crippen LogP contribution in [0.3, 0.4) is 0 Å². The lowest BCUT2D eigenvalue weighted by atomic mass is 9.90. The summed E-state index contributed by atoms with van der Waals surface area (Å²) in [6.07, 6.45) is 6.66. The van der Waals surface area contributed by atoms with Gasteiger partial charge in [0.15, 0.2) is 0 Å². The van der Waals surface area contributed by atoms with Crippen LogP contribution in [-0.4, -0.2) is 15.7 Å². The monoisotopic (exact) mass is 413 g/mol. The molecule has 1 aromatic carbocycles. The van der Waals surface area contributed by atoms with Gasteiger partial charge in [-0.25, -0.2) is 0 Å². The van der Waals surface area contributed by atoms with Crippen molar-refractivity contribution < 1.29 is 0 Å². The van der Waals surface area contributed by atoms with E-state index in [2.05, 4.69) is 65.7 Å². The predicted molar refractivity (Wildman–Crippen MR) is 128 cm³/mol. The molecule has 3 aromatic rings. The summed E-state index contributed by atoms with van der Waals surface area (Å²) >= 11 is 1.86. The molecule has 30 heavy (non-hydrogen) atoms. The minimum atomic E-state index is -0.0466. The highest BCUT2D eigenvalue weighted by molar-refractivity contribution is 7.99. The molecule has 1 fully saturated rings. The van der Waals surface area contributed by atoms with Crippen molar-refractivity contribution in [2.24, 2.45) is 0 Å². The number of benzene rings is 1. The van der Waals surface area contributed by atoms with Crippen molar-refractivity contribution in [3.05, 3.63) is 103 Å². The van der Waals surface area contributed by atoms with E-state index in [9.17, 15) is 0 Å². The van der Waals surface area contributed by atoms with Crippen molar-refractivity contribution in [1.29, 1.82) is 0 Å². The van der Waals surface area contributed by atoms with Gasteiger partial charge in [0, 0.05) is 28.6 Å². The third-order valence-corrected chi connectivity index (χ3v) is 6.42. The Bertz CT molecular complexity index is 1020. The third kappa shape index (κ3) is 4.49. The highest BCUT2D eigenvalue weighted by Crippen LogP contribution is 2.55. The Labute approximate surface area is 183 Å². The van der Waals surface area contributed by atoms with Crippen LogP contribution >= 0.6 is 11.8 Å². The topological polar surface area (TPSA) is 37.8 Å². The predicted octanol–water partition coefficient (Wildman–Crippen LogP) is 6.50. The Morgan fingerprint density at radius 1 is 1.03 bits per heavy atom. The summed E-state index contributed by atoms with van der Waals surface area (Å²) in [6, 6.07) is 18.9. The van der Waals surface area contributed by atoms with Crippen LogP contribution in [0.25, 0.3) is 5.57 Å². The first-order valence-electron chi connectivity index (χ1n) is 10.3. The van der Waals surface area contributed by atoms with Crippen molar-refractivity contribution in [2.75, 3.05) is 11.1 Å². The number of pyridine rings is 2. The van der Waals surface area contributed by atoms with Gasteiger partial charge in [0.1, 0.15) is 0 Å². The first-order valence-corrected chi connectivity index (χ1v) is 11.3. The third-order valence-electron chi connectivity index (χ3n) is 5.53. The lowest BCUT2D eigenvalue weighted by Gasteiger charge is -2.18. The Balaban J connectivity index is 1.38. The van der Waals surface area contributed by atoms with E-state index in [4.69, 9.17) is 0 Å². The molecule has 1 aliphatic rings. The largest absolute Gasteiger partial charge is 0.358 e. The van der Waals surface area contributed by atoms with E-state index < -0.39 is 0 Å². The molecule has 0 aliphatic heterocycles. The second kappa shape index (κ2) is 8.88. The molecule has 1 N–H and O–H groups in total. The van der Waals surface area contributed by atoms with Gasteiger partial charge in [0.2, 0.25) is 0 Å². The summed E-state index contributed by atoms with van der Waals surface area (Å²) in [5, 5.41) is 3.38. The van der Waals surface area contributed by atoms with Gasteiger partial charge in [0.25, 0.3) is 0 Å². The lowest BCUT2D eigenvalue weighted by Crippen LogP contribution is -2.11. The van der Waals surface area contributed by atoms with Crippen LogP contribution in [0.4, 0.5) is 5.69 Å². The van der Waals surface area contributed by atoms with Gasteiger partial charge >= 0.3 is 0 Å². The number of rotatable bonds is 9. The van der Waals surface area contributed by atoms with Crippen LogP contribution in [0.2, 0.25) is 0 Å². The summed E-state index contributed by atoms with van der Waals surface area (Å²) in [5.41, 5.74) is 6.17. The van der Waals surface area contributed by atoms with Gasteiger partial charge in [-0.2, -0.15) is 0 Å². The van der Waals surface area contributed by atoms with Gasteiger partial charge in [-0.15, -0.1) is 11.8 Å². The van der Waals surface area contributed by atoms with Gasteiger partial charge in [-0.1, -0.05) is 38.3 Å². The highest BCUT2D eigenvalue weighted by Gasteiger charge is 2.48.